The number of amides is 1. The van der Waals surface area contributed by atoms with Crippen LogP contribution in [0.15, 0.2) is 42.5 Å². The van der Waals surface area contributed by atoms with E-state index in [-0.39, 0.29) is 17.8 Å². The van der Waals surface area contributed by atoms with Crippen molar-refractivity contribution >= 4 is 5.91 Å². The summed E-state index contributed by atoms with van der Waals surface area (Å²) in [5, 5.41) is 9.29. The summed E-state index contributed by atoms with van der Waals surface area (Å²) in [4.78, 5) is 18.7. The second-order valence-corrected chi connectivity index (χ2v) is 6.48. The number of pyridine rings is 1. The number of piperidine rings is 1. The molecule has 1 aromatic carbocycles. The minimum Gasteiger partial charge on any atom is -0.508 e. The Bertz CT molecular complexity index is 707. The summed E-state index contributed by atoms with van der Waals surface area (Å²) in [5.74, 6) is 1.09. The van der Waals surface area contributed by atoms with Gasteiger partial charge in [0.25, 0.3) is 0 Å². The van der Waals surface area contributed by atoms with Crippen molar-refractivity contribution in [2.24, 2.45) is 0 Å². The van der Waals surface area contributed by atoms with E-state index >= 15 is 0 Å². The Morgan fingerprint density at radius 2 is 1.92 bits per heavy atom. The lowest BCUT2D eigenvalue weighted by molar-refractivity contribution is -0.132. The highest BCUT2D eigenvalue weighted by Gasteiger charge is 2.24. The number of aromatic hydroxyl groups is 1. The largest absolute Gasteiger partial charge is 0.508 e. The molecular formula is C20H24N2O3. The van der Waals surface area contributed by atoms with E-state index in [0.717, 1.165) is 37.2 Å². The van der Waals surface area contributed by atoms with Gasteiger partial charge in [0.2, 0.25) is 11.8 Å². The molecule has 132 valence electrons. The molecule has 0 saturated carbocycles. The van der Waals surface area contributed by atoms with Gasteiger partial charge in [-0.05, 0) is 37.1 Å². The molecule has 2 heterocycles. The second-order valence-electron chi connectivity index (χ2n) is 6.48. The van der Waals surface area contributed by atoms with E-state index in [1.165, 1.54) is 0 Å². The van der Waals surface area contributed by atoms with E-state index in [1.807, 2.05) is 42.2 Å². The van der Waals surface area contributed by atoms with Crippen LogP contribution < -0.4 is 4.74 Å². The first-order chi connectivity index (χ1) is 12.1. The van der Waals surface area contributed by atoms with Crippen LogP contribution in [0.1, 0.15) is 30.5 Å². The van der Waals surface area contributed by atoms with E-state index in [0.29, 0.717) is 18.7 Å². The van der Waals surface area contributed by atoms with Crippen LogP contribution in [-0.2, 0) is 11.2 Å². The first-order valence-electron chi connectivity index (χ1n) is 8.76. The highest BCUT2D eigenvalue weighted by molar-refractivity contribution is 5.76. The molecule has 1 aliphatic rings. The van der Waals surface area contributed by atoms with Crippen LogP contribution in [0.4, 0.5) is 0 Å². The number of hydrogen-bond acceptors (Lipinski definition) is 4. The Labute approximate surface area is 148 Å². The maximum Gasteiger partial charge on any atom is 0.222 e. The molecule has 0 unspecified atom stereocenters. The molecule has 0 radical (unpaired) electrons. The zero-order chi connectivity index (χ0) is 17.6. The molecule has 0 bridgehead atoms. The van der Waals surface area contributed by atoms with Gasteiger partial charge in [0.15, 0.2) is 0 Å². The highest BCUT2D eigenvalue weighted by Crippen LogP contribution is 2.19. The third-order valence-electron chi connectivity index (χ3n) is 4.51. The van der Waals surface area contributed by atoms with Gasteiger partial charge in [-0.1, -0.05) is 18.2 Å². The third-order valence-corrected chi connectivity index (χ3v) is 4.51. The molecule has 5 nitrogen and oxygen atoms in total. The smallest absolute Gasteiger partial charge is 0.222 e. The monoisotopic (exact) mass is 340 g/mol. The molecule has 3 rings (SSSR count). The molecule has 25 heavy (non-hydrogen) atoms. The van der Waals surface area contributed by atoms with E-state index in [2.05, 4.69) is 4.98 Å². The number of phenolic OH excluding ortho intramolecular Hbond substituents is 1. The Morgan fingerprint density at radius 1 is 1.20 bits per heavy atom. The SMILES string of the molecule is Cc1cccc(OC2CCN(C(=O)CCc3ccc(O)cc3)CC2)n1. The predicted octanol–water partition coefficient (Wildman–Crippen LogP) is 3.10. The van der Waals surface area contributed by atoms with Crippen molar-refractivity contribution in [1.29, 1.82) is 0 Å². The highest BCUT2D eigenvalue weighted by atomic mass is 16.5. The summed E-state index contributed by atoms with van der Waals surface area (Å²) in [6, 6.07) is 12.8. The first-order valence-corrected chi connectivity index (χ1v) is 8.76. The van der Waals surface area contributed by atoms with Crippen molar-refractivity contribution in [2.75, 3.05) is 13.1 Å². The van der Waals surface area contributed by atoms with Crippen LogP contribution >= 0.6 is 0 Å². The van der Waals surface area contributed by atoms with Crippen molar-refractivity contribution in [3.8, 4) is 11.6 Å². The molecule has 0 atom stereocenters. The lowest BCUT2D eigenvalue weighted by Gasteiger charge is -2.32. The minimum atomic E-state index is 0.121. The van der Waals surface area contributed by atoms with Gasteiger partial charge in [0.1, 0.15) is 11.9 Å². The van der Waals surface area contributed by atoms with Gasteiger partial charge in [0.05, 0.1) is 0 Å². The van der Waals surface area contributed by atoms with Crippen LogP contribution in [0.25, 0.3) is 0 Å². The fourth-order valence-electron chi connectivity index (χ4n) is 3.05. The molecule has 0 aliphatic carbocycles. The number of nitrogens with zero attached hydrogens (tertiary/aromatic N) is 2. The van der Waals surface area contributed by atoms with Crippen molar-refractivity contribution in [3.63, 3.8) is 0 Å². The van der Waals surface area contributed by atoms with Crippen LogP contribution in [-0.4, -0.2) is 40.1 Å². The molecule has 1 amide bonds. The van der Waals surface area contributed by atoms with Crippen molar-refractivity contribution in [1.82, 2.24) is 9.88 Å². The fourth-order valence-corrected chi connectivity index (χ4v) is 3.05. The summed E-state index contributed by atoms with van der Waals surface area (Å²) >= 11 is 0. The van der Waals surface area contributed by atoms with Gasteiger partial charge in [-0.15, -0.1) is 0 Å². The van der Waals surface area contributed by atoms with Crippen LogP contribution in [0.2, 0.25) is 0 Å². The van der Waals surface area contributed by atoms with E-state index in [1.54, 1.807) is 12.1 Å². The molecule has 1 N–H and O–H groups in total. The van der Waals surface area contributed by atoms with Gasteiger partial charge in [-0.2, -0.15) is 0 Å². The van der Waals surface area contributed by atoms with Gasteiger partial charge in [-0.25, -0.2) is 4.98 Å². The molecule has 5 heteroatoms. The number of ether oxygens (including phenoxy) is 1. The topological polar surface area (TPSA) is 62.7 Å². The summed E-state index contributed by atoms with van der Waals surface area (Å²) in [6.45, 7) is 3.40. The number of hydrogen-bond donors (Lipinski definition) is 1. The molecule has 1 aliphatic heterocycles. The minimum absolute atomic E-state index is 0.121. The average Bonchev–Trinajstić information content (AvgIpc) is 2.62. The Hall–Kier alpha value is -2.56. The fraction of sp³-hybridized carbons (Fsp3) is 0.400. The molecule has 0 spiro atoms. The Balaban J connectivity index is 1.43. The summed E-state index contributed by atoms with van der Waals surface area (Å²) < 4.78 is 5.93. The average molecular weight is 340 g/mol. The maximum atomic E-state index is 12.4. The number of carbonyl (C=O) groups excluding carboxylic acids is 1. The predicted molar refractivity (Wildman–Crippen MR) is 95.6 cm³/mol. The van der Waals surface area contributed by atoms with Gasteiger partial charge in [-0.3, -0.25) is 4.79 Å². The number of likely N-dealkylation sites (tertiary alicyclic amines) is 1. The van der Waals surface area contributed by atoms with Gasteiger partial charge < -0.3 is 14.7 Å². The normalized spacial score (nSPS) is 15.2. The van der Waals surface area contributed by atoms with Gasteiger partial charge in [0, 0.05) is 44.1 Å². The number of aromatic nitrogens is 1. The number of phenols is 1. The molecular weight excluding hydrogens is 316 g/mol. The number of aryl methyl sites for hydroxylation is 2. The lowest BCUT2D eigenvalue weighted by atomic mass is 10.1. The van der Waals surface area contributed by atoms with Crippen LogP contribution in [0, 0.1) is 6.92 Å². The summed E-state index contributed by atoms with van der Waals surface area (Å²) in [7, 11) is 0. The lowest BCUT2D eigenvalue weighted by Crippen LogP contribution is -2.41. The van der Waals surface area contributed by atoms with Crippen molar-refractivity contribution < 1.29 is 14.6 Å². The molecule has 1 aromatic heterocycles. The number of benzene rings is 1. The van der Waals surface area contributed by atoms with E-state index in [9.17, 15) is 9.90 Å². The second kappa shape index (κ2) is 8.01. The molecule has 2 aromatic rings. The maximum absolute atomic E-state index is 12.4. The molecule has 1 fully saturated rings. The zero-order valence-corrected chi connectivity index (χ0v) is 14.5. The van der Waals surface area contributed by atoms with Gasteiger partial charge >= 0.3 is 0 Å². The zero-order valence-electron chi connectivity index (χ0n) is 14.5. The third kappa shape index (κ3) is 4.95. The van der Waals surface area contributed by atoms with E-state index in [4.69, 9.17) is 4.74 Å². The summed E-state index contributed by atoms with van der Waals surface area (Å²) in [6.07, 6.45) is 2.98. The van der Waals surface area contributed by atoms with Crippen molar-refractivity contribution in [2.45, 2.75) is 38.7 Å². The molecule has 1 saturated heterocycles. The van der Waals surface area contributed by atoms with Crippen LogP contribution in [0.3, 0.4) is 0 Å². The Kier molecular flexibility index (Phi) is 5.53. The number of rotatable bonds is 5. The summed E-state index contributed by atoms with van der Waals surface area (Å²) in [5.41, 5.74) is 2.01. The van der Waals surface area contributed by atoms with Crippen molar-refractivity contribution in [3.05, 3.63) is 53.7 Å². The quantitative estimate of drug-likeness (QED) is 0.908. The van der Waals surface area contributed by atoms with E-state index < -0.39 is 0 Å². The number of carbonyl (C=O) groups is 1. The standard InChI is InChI=1S/C20H24N2O3/c1-15-3-2-4-19(21-15)25-18-11-13-22(14-12-18)20(24)10-7-16-5-8-17(23)9-6-16/h2-6,8-9,18,23H,7,10-14H2,1H3. The Morgan fingerprint density at radius 3 is 2.60 bits per heavy atom. The van der Waals surface area contributed by atoms with Crippen LogP contribution in [0.5, 0.6) is 11.6 Å². The first kappa shape index (κ1) is 17.3.